The molecule has 1 aromatic carbocycles. The van der Waals surface area contributed by atoms with Crippen molar-refractivity contribution < 1.29 is 9.90 Å². The first kappa shape index (κ1) is 14.1. The van der Waals surface area contributed by atoms with Crippen LogP contribution in [0.2, 0.25) is 5.02 Å². The van der Waals surface area contributed by atoms with Gasteiger partial charge in [0.05, 0.1) is 0 Å². The molecule has 2 N–H and O–H groups in total. The molecule has 0 saturated heterocycles. The maximum Gasteiger partial charge on any atom is 0.322 e. The van der Waals surface area contributed by atoms with E-state index in [-0.39, 0.29) is 6.54 Å². The summed E-state index contributed by atoms with van der Waals surface area (Å²) in [7, 11) is 0. The van der Waals surface area contributed by atoms with Crippen molar-refractivity contribution in [1.82, 2.24) is 10.2 Å². The molecule has 8 heteroatoms. The SMILES string of the molecule is O=C(O)CNc1nnc(SCc2ccccc2Cl)s1. The summed E-state index contributed by atoms with van der Waals surface area (Å²) in [6, 6.07) is 7.62. The lowest BCUT2D eigenvalue weighted by Crippen LogP contribution is -2.11. The van der Waals surface area contributed by atoms with Crippen LogP contribution >= 0.6 is 34.7 Å². The average molecular weight is 316 g/mol. The Balaban J connectivity index is 1.90. The lowest BCUT2D eigenvalue weighted by molar-refractivity contribution is -0.134. The van der Waals surface area contributed by atoms with Crippen molar-refractivity contribution in [2.45, 2.75) is 10.1 Å². The zero-order valence-corrected chi connectivity index (χ0v) is 12.1. The number of carbonyl (C=O) groups is 1. The number of carboxylic acid groups (broad SMARTS) is 1. The summed E-state index contributed by atoms with van der Waals surface area (Å²) in [6.45, 7) is -0.163. The van der Waals surface area contributed by atoms with E-state index < -0.39 is 5.97 Å². The standard InChI is InChI=1S/C11H10ClN3O2S2/c12-8-4-2-1-3-7(8)6-18-11-15-14-10(19-11)13-5-9(16)17/h1-4H,5-6H2,(H,13,14)(H,16,17). The topological polar surface area (TPSA) is 75.1 Å². The van der Waals surface area contributed by atoms with Crippen LogP contribution in [-0.2, 0) is 10.5 Å². The van der Waals surface area contributed by atoms with Gasteiger partial charge in [-0.15, -0.1) is 10.2 Å². The van der Waals surface area contributed by atoms with Gasteiger partial charge in [0, 0.05) is 10.8 Å². The minimum Gasteiger partial charge on any atom is -0.480 e. The third-order valence-corrected chi connectivity index (χ3v) is 4.54. The van der Waals surface area contributed by atoms with Crippen LogP contribution in [0.5, 0.6) is 0 Å². The molecule has 5 nitrogen and oxygen atoms in total. The third-order valence-electron chi connectivity index (χ3n) is 2.11. The van der Waals surface area contributed by atoms with Crippen LogP contribution < -0.4 is 5.32 Å². The van der Waals surface area contributed by atoms with Gasteiger partial charge in [-0.05, 0) is 11.6 Å². The molecule has 100 valence electrons. The molecule has 0 saturated carbocycles. The fourth-order valence-corrected chi connectivity index (χ4v) is 3.28. The van der Waals surface area contributed by atoms with Crippen LogP contribution in [-0.4, -0.2) is 27.8 Å². The summed E-state index contributed by atoms with van der Waals surface area (Å²) in [5.74, 6) is -0.228. The zero-order valence-electron chi connectivity index (χ0n) is 9.67. The van der Waals surface area contributed by atoms with Gasteiger partial charge in [-0.25, -0.2) is 0 Å². The van der Waals surface area contributed by atoms with Crippen LogP contribution in [0, 0.1) is 0 Å². The minimum absolute atomic E-state index is 0.163. The largest absolute Gasteiger partial charge is 0.480 e. The summed E-state index contributed by atoms with van der Waals surface area (Å²) < 4.78 is 0.771. The molecule has 0 aliphatic rings. The van der Waals surface area contributed by atoms with Crippen molar-refractivity contribution >= 4 is 45.8 Å². The lowest BCUT2D eigenvalue weighted by atomic mass is 10.2. The van der Waals surface area contributed by atoms with Gasteiger partial charge in [0.15, 0.2) is 4.34 Å². The number of nitrogens with zero attached hydrogens (tertiary/aromatic N) is 2. The van der Waals surface area contributed by atoms with E-state index in [0.717, 1.165) is 14.9 Å². The molecule has 0 aliphatic carbocycles. The van der Waals surface area contributed by atoms with Crippen molar-refractivity contribution in [2.24, 2.45) is 0 Å². The van der Waals surface area contributed by atoms with Crippen molar-refractivity contribution in [2.75, 3.05) is 11.9 Å². The van der Waals surface area contributed by atoms with Crippen LogP contribution in [0.4, 0.5) is 5.13 Å². The Kier molecular flexibility index (Phi) is 5.00. The Morgan fingerprint density at radius 3 is 2.95 bits per heavy atom. The van der Waals surface area contributed by atoms with Crippen LogP contribution in [0.3, 0.4) is 0 Å². The van der Waals surface area contributed by atoms with Gasteiger partial charge in [0.25, 0.3) is 0 Å². The number of aromatic nitrogens is 2. The smallest absolute Gasteiger partial charge is 0.322 e. The third kappa shape index (κ3) is 4.38. The van der Waals surface area contributed by atoms with E-state index in [1.54, 1.807) is 0 Å². The fraction of sp³-hybridized carbons (Fsp3) is 0.182. The van der Waals surface area contributed by atoms with Crippen LogP contribution in [0.15, 0.2) is 28.6 Å². The highest BCUT2D eigenvalue weighted by molar-refractivity contribution is 8.00. The number of thioether (sulfide) groups is 1. The highest BCUT2D eigenvalue weighted by Crippen LogP contribution is 2.30. The van der Waals surface area contributed by atoms with Gasteiger partial charge < -0.3 is 10.4 Å². The molecule has 0 atom stereocenters. The Hall–Kier alpha value is -1.31. The normalized spacial score (nSPS) is 10.4. The van der Waals surface area contributed by atoms with Crippen molar-refractivity contribution in [3.05, 3.63) is 34.9 Å². The number of anilines is 1. The molecule has 1 aromatic heterocycles. The van der Waals surface area contributed by atoms with Crippen LogP contribution in [0.1, 0.15) is 5.56 Å². The predicted molar refractivity (Wildman–Crippen MR) is 77.0 cm³/mol. The summed E-state index contributed by atoms with van der Waals surface area (Å²) in [5.41, 5.74) is 1.03. The maximum absolute atomic E-state index is 10.4. The number of rotatable bonds is 6. The Bertz CT molecular complexity index is 577. The second kappa shape index (κ2) is 6.74. The summed E-state index contributed by atoms with van der Waals surface area (Å²) in [4.78, 5) is 10.4. The van der Waals surface area contributed by atoms with E-state index in [9.17, 15) is 4.79 Å². The van der Waals surface area contributed by atoms with E-state index in [2.05, 4.69) is 15.5 Å². The second-order valence-corrected chi connectivity index (χ2v) is 6.11. The van der Waals surface area contributed by atoms with Crippen molar-refractivity contribution in [3.8, 4) is 0 Å². The number of benzene rings is 1. The molecule has 1 heterocycles. The van der Waals surface area contributed by atoms with Crippen molar-refractivity contribution in [1.29, 1.82) is 0 Å². The first-order valence-electron chi connectivity index (χ1n) is 5.30. The molecule has 2 aromatic rings. The molecule has 19 heavy (non-hydrogen) atoms. The van der Waals surface area contributed by atoms with Gasteiger partial charge in [-0.2, -0.15) is 0 Å². The molecule has 2 rings (SSSR count). The Labute approximate surface area is 123 Å². The molecule has 0 fully saturated rings. The molecule has 0 amide bonds. The number of hydrogen-bond donors (Lipinski definition) is 2. The lowest BCUT2D eigenvalue weighted by Gasteiger charge is -2.00. The maximum atomic E-state index is 10.4. The fourth-order valence-electron chi connectivity index (χ4n) is 1.25. The molecule has 0 spiro atoms. The zero-order chi connectivity index (χ0) is 13.7. The number of hydrogen-bond acceptors (Lipinski definition) is 6. The summed E-state index contributed by atoms with van der Waals surface area (Å²) in [6.07, 6.45) is 0. The van der Waals surface area contributed by atoms with Crippen LogP contribution in [0.25, 0.3) is 0 Å². The van der Waals surface area contributed by atoms with Gasteiger partial charge in [-0.3, -0.25) is 4.79 Å². The highest BCUT2D eigenvalue weighted by Gasteiger charge is 2.07. The first-order chi connectivity index (χ1) is 9.15. The average Bonchev–Trinajstić information content (AvgIpc) is 2.83. The van der Waals surface area contributed by atoms with Gasteiger partial charge in [-0.1, -0.05) is 52.9 Å². The van der Waals surface area contributed by atoms with E-state index in [1.807, 2.05) is 24.3 Å². The Morgan fingerprint density at radius 1 is 1.42 bits per heavy atom. The number of halogens is 1. The molecule has 0 aliphatic heterocycles. The van der Waals surface area contributed by atoms with E-state index >= 15 is 0 Å². The summed E-state index contributed by atoms with van der Waals surface area (Å²) in [5, 5.41) is 20.3. The first-order valence-corrected chi connectivity index (χ1v) is 7.48. The highest BCUT2D eigenvalue weighted by atomic mass is 35.5. The minimum atomic E-state index is -0.930. The molecule has 0 bridgehead atoms. The molecular weight excluding hydrogens is 306 g/mol. The summed E-state index contributed by atoms with van der Waals surface area (Å²) >= 11 is 8.90. The number of aliphatic carboxylic acids is 1. The second-order valence-electron chi connectivity index (χ2n) is 3.50. The molecule has 0 radical (unpaired) electrons. The van der Waals surface area contributed by atoms with Crippen molar-refractivity contribution in [3.63, 3.8) is 0 Å². The quantitative estimate of drug-likeness (QED) is 0.798. The number of nitrogens with one attached hydrogen (secondary N) is 1. The van der Waals surface area contributed by atoms with E-state index in [0.29, 0.717) is 10.9 Å². The van der Waals surface area contributed by atoms with E-state index in [1.165, 1.54) is 23.1 Å². The molecule has 0 unspecified atom stereocenters. The van der Waals surface area contributed by atoms with Gasteiger partial charge >= 0.3 is 5.97 Å². The van der Waals surface area contributed by atoms with E-state index in [4.69, 9.17) is 16.7 Å². The Morgan fingerprint density at radius 2 is 2.21 bits per heavy atom. The predicted octanol–water partition coefficient (Wildman–Crippen LogP) is 2.98. The monoisotopic (exact) mass is 315 g/mol. The molecular formula is C11H10ClN3O2S2. The number of carboxylic acids is 1. The van der Waals surface area contributed by atoms with Gasteiger partial charge in [0.2, 0.25) is 5.13 Å². The van der Waals surface area contributed by atoms with Gasteiger partial charge in [0.1, 0.15) is 6.54 Å².